The first-order valence-electron chi connectivity index (χ1n) is 6.07. The van der Waals surface area contributed by atoms with Gasteiger partial charge in [0.15, 0.2) is 0 Å². The van der Waals surface area contributed by atoms with E-state index in [0.29, 0.717) is 0 Å². The maximum Gasteiger partial charge on any atom is 0.134 e. The van der Waals surface area contributed by atoms with E-state index in [1.807, 2.05) is 24.3 Å². The Hall–Kier alpha value is -2.20. The summed E-state index contributed by atoms with van der Waals surface area (Å²) < 4.78 is 5.27. The van der Waals surface area contributed by atoms with Gasteiger partial charge in [0.05, 0.1) is 12.7 Å². The zero-order valence-electron chi connectivity index (χ0n) is 10.7. The number of ether oxygens (including phenoxy) is 1. The molecule has 1 nitrogen and oxygen atoms in total. The van der Waals surface area contributed by atoms with Gasteiger partial charge in [-0.2, -0.15) is 0 Å². The average Bonchev–Trinajstić information content (AvgIpc) is 2.46. The number of aryl methyl sites for hydroxylation is 1. The summed E-state index contributed by atoms with van der Waals surface area (Å²) >= 11 is 0. The smallest absolute Gasteiger partial charge is 0.134 e. The minimum absolute atomic E-state index is 0.815. The minimum atomic E-state index is 0.815. The molecule has 2 aromatic carbocycles. The van der Waals surface area contributed by atoms with Crippen LogP contribution in [0.2, 0.25) is 0 Å². The highest BCUT2D eigenvalue weighted by molar-refractivity contribution is 5.49. The number of rotatable bonds is 2. The van der Waals surface area contributed by atoms with Crippen LogP contribution in [0.25, 0.3) is 0 Å². The fraction of sp³-hybridized carbons (Fsp3) is 0.176. The van der Waals surface area contributed by atoms with Gasteiger partial charge in [-0.1, -0.05) is 43.0 Å². The zero-order valence-corrected chi connectivity index (χ0v) is 10.7. The summed E-state index contributed by atoms with van der Waals surface area (Å²) in [5, 5.41) is 0. The molecule has 0 radical (unpaired) electrons. The van der Waals surface area contributed by atoms with E-state index in [9.17, 15) is 0 Å². The van der Waals surface area contributed by atoms with E-state index in [2.05, 4.69) is 43.0 Å². The third kappa shape index (κ3) is 2.93. The van der Waals surface area contributed by atoms with Gasteiger partial charge in [-0.15, -0.1) is 0 Å². The lowest BCUT2D eigenvalue weighted by Gasteiger charge is -2.01. The summed E-state index contributed by atoms with van der Waals surface area (Å²) in [4.78, 5) is 0. The molecule has 0 aliphatic heterocycles. The lowest BCUT2D eigenvalue weighted by Crippen LogP contribution is -1.86. The third-order valence-corrected chi connectivity index (χ3v) is 2.81. The molecule has 0 aliphatic carbocycles. The molecule has 0 aliphatic rings. The quantitative estimate of drug-likeness (QED) is 0.723. The molecule has 18 heavy (non-hydrogen) atoms. The van der Waals surface area contributed by atoms with E-state index in [1.54, 1.807) is 7.11 Å². The van der Waals surface area contributed by atoms with Crippen LogP contribution in [-0.2, 0) is 6.42 Å². The highest BCUT2D eigenvalue weighted by atomic mass is 16.5. The minimum Gasteiger partial charge on any atom is -0.495 e. The monoisotopic (exact) mass is 236 g/mol. The lowest BCUT2D eigenvalue weighted by molar-refractivity contribution is 0.413. The predicted octanol–water partition coefficient (Wildman–Crippen LogP) is 3.66. The molecule has 0 unspecified atom stereocenters. The van der Waals surface area contributed by atoms with Crippen molar-refractivity contribution < 1.29 is 4.74 Å². The summed E-state index contributed by atoms with van der Waals surface area (Å²) in [6.07, 6.45) is 1.06. The van der Waals surface area contributed by atoms with Crippen LogP contribution in [-0.4, -0.2) is 7.11 Å². The maximum absolute atomic E-state index is 5.27. The Balaban J connectivity index is 2.25. The van der Waals surface area contributed by atoms with Crippen molar-refractivity contribution in [2.75, 3.05) is 7.11 Å². The molecule has 90 valence electrons. The molecule has 0 N–H and O–H groups in total. The summed E-state index contributed by atoms with van der Waals surface area (Å²) in [7, 11) is 1.66. The molecular weight excluding hydrogens is 220 g/mol. The fourth-order valence-corrected chi connectivity index (χ4v) is 1.71. The first kappa shape index (κ1) is 12.3. The Morgan fingerprint density at radius 2 is 1.67 bits per heavy atom. The van der Waals surface area contributed by atoms with Crippen LogP contribution in [0.15, 0.2) is 48.5 Å². The second-order valence-corrected chi connectivity index (χ2v) is 4.00. The average molecular weight is 236 g/mol. The van der Waals surface area contributed by atoms with Crippen molar-refractivity contribution in [3.05, 3.63) is 65.2 Å². The van der Waals surface area contributed by atoms with Gasteiger partial charge >= 0.3 is 0 Å². The van der Waals surface area contributed by atoms with Crippen LogP contribution in [0.1, 0.15) is 23.6 Å². The number of benzene rings is 2. The van der Waals surface area contributed by atoms with Crippen molar-refractivity contribution in [1.29, 1.82) is 0 Å². The van der Waals surface area contributed by atoms with E-state index in [1.165, 1.54) is 5.56 Å². The van der Waals surface area contributed by atoms with Gasteiger partial charge in [0.25, 0.3) is 0 Å². The van der Waals surface area contributed by atoms with Gasteiger partial charge in [0, 0.05) is 5.56 Å². The molecule has 0 fully saturated rings. The maximum atomic E-state index is 5.27. The van der Waals surface area contributed by atoms with Gasteiger partial charge in [-0.25, -0.2) is 0 Å². The Kier molecular flexibility index (Phi) is 4.04. The Labute approximate surface area is 108 Å². The van der Waals surface area contributed by atoms with E-state index >= 15 is 0 Å². The van der Waals surface area contributed by atoms with Crippen LogP contribution in [0.4, 0.5) is 0 Å². The van der Waals surface area contributed by atoms with Crippen LogP contribution in [0.5, 0.6) is 5.75 Å². The molecule has 2 rings (SSSR count). The molecule has 0 saturated heterocycles. The lowest BCUT2D eigenvalue weighted by atomic mass is 10.1. The Bertz CT molecular complexity index is 571. The standard InChI is InChI=1S/C17H16O/c1-3-14-8-10-15(11-9-14)12-13-16-6-4-5-7-17(16)18-2/h4-11H,3H2,1-2H3. The molecule has 0 saturated carbocycles. The van der Waals surface area contributed by atoms with Crippen LogP contribution >= 0.6 is 0 Å². The first-order valence-corrected chi connectivity index (χ1v) is 6.07. The second kappa shape index (κ2) is 5.93. The molecule has 0 atom stereocenters. The van der Waals surface area contributed by atoms with Crippen molar-refractivity contribution in [2.45, 2.75) is 13.3 Å². The van der Waals surface area contributed by atoms with Gasteiger partial charge in [0.2, 0.25) is 0 Å². The van der Waals surface area contributed by atoms with Crippen molar-refractivity contribution in [3.63, 3.8) is 0 Å². The molecule has 0 aromatic heterocycles. The molecule has 0 amide bonds. The van der Waals surface area contributed by atoms with Crippen molar-refractivity contribution >= 4 is 0 Å². The van der Waals surface area contributed by atoms with E-state index in [-0.39, 0.29) is 0 Å². The summed E-state index contributed by atoms with van der Waals surface area (Å²) in [5.74, 6) is 7.11. The van der Waals surface area contributed by atoms with Crippen molar-refractivity contribution in [1.82, 2.24) is 0 Å². The molecule has 2 aromatic rings. The summed E-state index contributed by atoms with van der Waals surface area (Å²) in [6.45, 7) is 2.15. The van der Waals surface area contributed by atoms with Gasteiger partial charge in [0.1, 0.15) is 5.75 Å². The highest BCUT2D eigenvalue weighted by Crippen LogP contribution is 2.15. The van der Waals surface area contributed by atoms with Crippen molar-refractivity contribution in [2.24, 2.45) is 0 Å². The van der Waals surface area contributed by atoms with Gasteiger partial charge < -0.3 is 4.74 Å². The van der Waals surface area contributed by atoms with Crippen LogP contribution in [0, 0.1) is 11.8 Å². The van der Waals surface area contributed by atoms with Crippen molar-refractivity contribution in [3.8, 4) is 17.6 Å². The van der Waals surface area contributed by atoms with E-state index in [4.69, 9.17) is 4.74 Å². The van der Waals surface area contributed by atoms with Crippen LogP contribution < -0.4 is 4.74 Å². The largest absolute Gasteiger partial charge is 0.495 e. The number of hydrogen-bond acceptors (Lipinski definition) is 1. The molecular formula is C17H16O. The Morgan fingerprint density at radius 1 is 0.944 bits per heavy atom. The SMILES string of the molecule is CCc1ccc(C#Cc2ccccc2OC)cc1. The van der Waals surface area contributed by atoms with Gasteiger partial charge in [-0.05, 0) is 36.2 Å². The third-order valence-electron chi connectivity index (χ3n) is 2.81. The first-order chi connectivity index (χ1) is 8.83. The second-order valence-electron chi connectivity index (χ2n) is 4.00. The van der Waals surface area contributed by atoms with Crippen LogP contribution in [0.3, 0.4) is 0 Å². The Morgan fingerprint density at radius 3 is 2.33 bits per heavy atom. The zero-order chi connectivity index (χ0) is 12.8. The molecule has 0 bridgehead atoms. The predicted molar refractivity (Wildman–Crippen MR) is 74.8 cm³/mol. The number of hydrogen-bond donors (Lipinski definition) is 0. The fourth-order valence-electron chi connectivity index (χ4n) is 1.71. The van der Waals surface area contributed by atoms with E-state index < -0.39 is 0 Å². The highest BCUT2D eigenvalue weighted by Gasteiger charge is 1.96. The molecule has 0 heterocycles. The number of para-hydroxylation sites is 1. The van der Waals surface area contributed by atoms with Gasteiger partial charge in [-0.3, -0.25) is 0 Å². The van der Waals surface area contributed by atoms with E-state index in [0.717, 1.165) is 23.3 Å². The summed E-state index contributed by atoms with van der Waals surface area (Å²) in [5.41, 5.74) is 3.27. The topological polar surface area (TPSA) is 9.23 Å². The summed E-state index contributed by atoms with van der Waals surface area (Å²) in [6, 6.07) is 16.1. The molecule has 1 heteroatoms. The molecule has 0 spiro atoms. The normalized spacial score (nSPS) is 9.44. The number of methoxy groups -OCH3 is 1.